The van der Waals surface area contributed by atoms with E-state index in [1.54, 1.807) is 0 Å². The Morgan fingerprint density at radius 1 is 1.87 bits per heavy atom. The van der Waals surface area contributed by atoms with Crippen molar-refractivity contribution in [2.24, 2.45) is 11.3 Å². The number of carbonyl (C=O) groups is 2. The van der Waals surface area contributed by atoms with Crippen LogP contribution in [0.2, 0.25) is 0 Å². The molecule has 4 heteroatoms. The molecule has 80 valence electrons. The van der Waals surface area contributed by atoms with E-state index in [0.717, 1.165) is 0 Å². The lowest BCUT2D eigenvalue weighted by Gasteiger charge is -2.25. The largest absolute Gasteiger partial charge is 0.468 e. The minimum atomic E-state index is -1.30. The molecular weight excluding hydrogens is 194 g/mol. The number of nitriles is 1. The van der Waals surface area contributed by atoms with Crippen LogP contribution in [0, 0.1) is 22.7 Å². The molecule has 1 fully saturated rings. The zero-order valence-electron chi connectivity index (χ0n) is 8.66. The minimum Gasteiger partial charge on any atom is -0.468 e. The predicted octanol–water partition coefficient (Wildman–Crippen LogP) is 1.22. The Bertz CT molecular complexity index is 342. The first kappa shape index (κ1) is 11.4. The molecule has 15 heavy (non-hydrogen) atoms. The number of rotatable bonds is 3. The van der Waals surface area contributed by atoms with E-state index in [2.05, 4.69) is 11.3 Å². The molecule has 0 radical (unpaired) electrons. The Kier molecular flexibility index (Phi) is 3.25. The summed E-state index contributed by atoms with van der Waals surface area (Å²) in [7, 11) is 1.23. The third kappa shape index (κ3) is 1.54. The monoisotopic (exact) mass is 207 g/mol. The number of esters is 1. The molecule has 2 unspecified atom stereocenters. The Balaban J connectivity index is 3.17. The number of hydrogen-bond donors (Lipinski definition) is 0. The van der Waals surface area contributed by atoms with Crippen molar-refractivity contribution in [3.05, 3.63) is 12.7 Å². The molecule has 0 saturated heterocycles. The maximum absolute atomic E-state index is 11.8. The molecule has 0 heterocycles. The fourth-order valence-electron chi connectivity index (χ4n) is 2.12. The van der Waals surface area contributed by atoms with Gasteiger partial charge in [0.1, 0.15) is 5.41 Å². The van der Waals surface area contributed by atoms with Crippen molar-refractivity contribution in [3.63, 3.8) is 0 Å². The average Bonchev–Trinajstić information content (AvgIpc) is 2.56. The van der Waals surface area contributed by atoms with Crippen LogP contribution >= 0.6 is 0 Å². The average molecular weight is 207 g/mol. The van der Waals surface area contributed by atoms with Gasteiger partial charge in [-0.1, -0.05) is 6.08 Å². The predicted molar refractivity (Wildman–Crippen MR) is 52.6 cm³/mol. The third-order valence-corrected chi connectivity index (χ3v) is 2.92. The van der Waals surface area contributed by atoms with Crippen LogP contribution in [0.3, 0.4) is 0 Å². The molecule has 0 aromatic heterocycles. The van der Waals surface area contributed by atoms with Crippen LogP contribution in [0.15, 0.2) is 12.7 Å². The van der Waals surface area contributed by atoms with Crippen LogP contribution in [0.1, 0.15) is 19.3 Å². The molecular formula is C11H13NO3. The normalized spacial score (nSPS) is 29.6. The first-order valence-corrected chi connectivity index (χ1v) is 4.75. The summed E-state index contributed by atoms with van der Waals surface area (Å²) < 4.78 is 4.63. The molecule has 1 rings (SSSR count). The van der Waals surface area contributed by atoms with Crippen LogP contribution in [0.25, 0.3) is 0 Å². The van der Waals surface area contributed by atoms with Crippen molar-refractivity contribution in [2.45, 2.75) is 19.3 Å². The number of ether oxygens (including phenoxy) is 1. The molecule has 0 aromatic rings. The van der Waals surface area contributed by atoms with Crippen LogP contribution in [-0.2, 0) is 14.3 Å². The van der Waals surface area contributed by atoms with E-state index < -0.39 is 17.3 Å². The van der Waals surface area contributed by atoms with E-state index in [1.807, 2.05) is 6.07 Å². The van der Waals surface area contributed by atoms with E-state index in [4.69, 9.17) is 5.26 Å². The first-order chi connectivity index (χ1) is 7.13. The lowest BCUT2D eigenvalue weighted by molar-refractivity contribution is -0.157. The quantitative estimate of drug-likeness (QED) is 0.396. The summed E-state index contributed by atoms with van der Waals surface area (Å²) in [6.07, 6.45) is 2.36. The Labute approximate surface area is 88.5 Å². The van der Waals surface area contributed by atoms with Gasteiger partial charge in [0, 0.05) is 6.42 Å². The van der Waals surface area contributed by atoms with E-state index in [1.165, 1.54) is 13.2 Å². The van der Waals surface area contributed by atoms with Crippen molar-refractivity contribution in [1.82, 2.24) is 0 Å². The lowest BCUT2D eigenvalue weighted by atomic mass is 9.75. The molecule has 1 aliphatic carbocycles. The molecule has 1 saturated carbocycles. The van der Waals surface area contributed by atoms with Crippen molar-refractivity contribution >= 4 is 11.8 Å². The van der Waals surface area contributed by atoms with E-state index in [0.29, 0.717) is 6.42 Å². The van der Waals surface area contributed by atoms with E-state index >= 15 is 0 Å². The van der Waals surface area contributed by atoms with Crippen molar-refractivity contribution in [1.29, 1.82) is 5.26 Å². The number of methoxy groups -OCH3 is 1. The molecule has 0 aromatic carbocycles. The number of ketones is 1. The van der Waals surface area contributed by atoms with Gasteiger partial charge < -0.3 is 4.74 Å². The van der Waals surface area contributed by atoms with Gasteiger partial charge in [0.25, 0.3) is 0 Å². The minimum absolute atomic E-state index is 0.177. The summed E-state index contributed by atoms with van der Waals surface area (Å²) in [6.45, 7) is 3.52. The van der Waals surface area contributed by atoms with Crippen LogP contribution in [0.4, 0.5) is 0 Å². The van der Waals surface area contributed by atoms with Gasteiger partial charge in [-0.25, -0.2) is 0 Å². The van der Waals surface area contributed by atoms with E-state index in [9.17, 15) is 9.59 Å². The summed E-state index contributed by atoms with van der Waals surface area (Å²) in [4.78, 5) is 23.4. The Morgan fingerprint density at radius 2 is 2.53 bits per heavy atom. The van der Waals surface area contributed by atoms with Gasteiger partial charge in [-0.2, -0.15) is 5.26 Å². The third-order valence-electron chi connectivity index (χ3n) is 2.92. The van der Waals surface area contributed by atoms with Gasteiger partial charge in [-0.3, -0.25) is 9.59 Å². The van der Waals surface area contributed by atoms with Gasteiger partial charge in [0.15, 0.2) is 5.78 Å². The van der Waals surface area contributed by atoms with Gasteiger partial charge in [0.2, 0.25) is 0 Å². The summed E-state index contributed by atoms with van der Waals surface area (Å²) in [5, 5.41) is 8.95. The zero-order valence-corrected chi connectivity index (χ0v) is 8.66. The van der Waals surface area contributed by atoms with Gasteiger partial charge in [-0.05, 0) is 12.8 Å². The Hall–Kier alpha value is -1.63. The van der Waals surface area contributed by atoms with Crippen molar-refractivity contribution in [3.8, 4) is 6.07 Å². The summed E-state index contributed by atoms with van der Waals surface area (Å²) >= 11 is 0. The maximum Gasteiger partial charge on any atom is 0.321 e. The molecule has 2 atom stereocenters. The number of nitrogens with zero attached hydrogens (tertiary/aromatic N) is 1. The Morgan fingerprint density at radius 3 is 3.00 bits per heavy atom. The fourth-order valence-corrected chi connectivity index (χ4v) is 2.12. The second kappa shape index (κ2) is 4.26. The summed E-state index contributed by atoms with van der Waals surface area (Å²) in [5.74, 6) is -1.41. The molecule has 0 bridgehead atoms. The standard InChI is InChI=1S/C11H13NO3/c1-3-6-11(10(14)15-2)8(7-12)4-5-9(11)13/h3,8H,1,4-6H2,2H3. The highest BCUT2D eigenvalue weighted by molar-refractivity contribution is 6.06. The molecule has 0 aliphatic heterocycles. The summed E-state index contributed by atoms with van der Waals surface area (Å²) in [5.41, 5.74) is -1.30. The van der Waals surface area contributed by atoms with Gasteiger partial charge in [0.05, 0.1) is 19.1 Å². The second-order valence-corrected chi connectivity index (χ2v) is 3.60. The van der Waals surface area contributed by atoms with Crippen molar-refractivity contribution < 1.29 is 14.3 Å². The van der Waals surface area contributed by atoms with E-state index in [-0.39, 0.29) is 18.6 Å². The maximum atomic E-state index is 11.8. The van der Waals surface area contributed by atoms with Gasteiger partial charge >= 0.3 is 5.97 Å². The number of hydrogen-bond acceptors (Lipinski definition) is 4. The second-order valence-electron chi connectivity index (χ2n) is 3.60. The highest BCUT2D eigenvalue weighted by Crippen LogP contribution is 2.44. The van der Waals surface area contributed by atoms with Gasteiger partial charge in [-0.15, -0.1) is 6.58 Å². The smallest absolute Gasteiger partial charge is 0.321 e. The topological polar surface area (TPSA) is 67.2 Å². The number of allylic oxidation sites excluding steroid dienone is 1. The molecule has 4 nitrogen and oxygen atoms in total. The molecule has 0 N–H and O–H groups in total. The molecule has 1 aliphatic rings. The number of carbonyl (C=O) groups excluding carboxylic acids is 2. The summed E-state index contributed by atoms with van der Waals surface area (Å²) in [6, 6.07) is 2.02. The number of Topliss-reactive ketones (excluding diaryl/α,β-unsaturated/α-hetero) is 1. The van der Waals surface area contributed by atoms with Crippen molar-refractivity contribution in [2.75, 3.05) is 7.11 Å². The van der Waals surface area contributed by atoms with Crippen LogP contribution in [0.5, 0.6) is 0 Å². The fraction of sp³-hybridized carbons (Fsp3) is 0.545. The lowest BCUT2D eigenvalue weighted by Crippen LogP contribution is -2.40. The first-order valence-electron chi connectivity index (χ1n) is 4.75. The molecule has 0 amide bonds. The zero-order chi connectivity index (χ0) is 11.5. The SMILES string of the molecule is C=CCC1(C(=O)OC)C(=O)CCC1C#N. The highest BCUT2D eigenvalue weighted by Gasteiger charge is 2.56. The van der Waals surface area contributed by atoms with Crippen LogP contribution in [-0.4, -0.2) is 18.9 Å². The van der Waals surface area contributed by atoms with Crippen LogP contribution < -0.4 is 0 Å². The highest BCUT2D eigenvalue weighted by atomic mass is 16.5. The molecule has 0 spiro atoms.